The van der Waals surface area contributed by atoms with Crippen LogP contribution in [0.3, 0.4) is 0 Å². The summed E-state index contributed by atoms with van der Waals surface area (Å²) in [5.41, 5.74) is 1.41. The first kappa shape index (κ1) is 24.1. The number of fused-ring (bicyclic) bond motifs is 1. The minimum Gasteiger partial charge on any atom is -0.378 e. The zero-order valence-corrected chi connectivity index (χ0v) is 20.0. The molecular formula is C26H21ClF3N3O3. The average Bonchev–Trinajstić information content (AvgIpc) is 3.35. The third-order valence-electron chi connectivity index (χ3n) is 6.40. The summed E-state index contributed by atoms with van der Waals surface area (Å²) in [6.07, 6.45) is -5.63. The summed E-state index contributed by atoms with van der Waals surface area (Å²) >= 11 is 6.01. The van der Waals surface area contributed by atoms with Crippen molar-refractivity contribution in [1.29, 1.82) is 0 Å². The molecule has 36 heavy (non-hydrogen) atoms. The highest BCUT2D eigenvalue weighted by molar-refractivity contribution is 6.30. The molecule has 10 heteroatoms. The van der Waals surface area contributed by atoms with E-state index in [0.717, 1.165) is 22.7 Å². The van der Waals surface area contributed by atoms with Gasteiger partial charge in [0.2, 0.25) is 5.91 Å². The lowest BCUT2D eigenvalue weighted by Crippen LogP contribution is -2.37. The number of nitrogens with zero attached hydrogens (tertiary/aromatic N) is 3. The Morgan fingerprint density at radius 2 is 1.42 bits per heavy atom. The molecule has 0 spiro atoms. The highest BCUT2D eigenvalue weighted by Gasteiger charge is 2.60. The topological polar surface area (TPSA) is 53.1 Å². The van der Waals surface area contributed by atoms with Crippen LogP contribution in [0.1, 0.15) is 17.2 Å². The van der Waals surface area contributed by atoms with E-state index in [1.807, 2.05) is 19.0 Å². The van der Waals surface area contributed by atoms with Crippen LogP contribution in [0.5, 0.6) is 0 Å². The molecule has 0 saturated carbocycles. The molecule has 6 nitrogen and oxygen atoms in total. The van der Waals surface area contributed by atoms with Crippen molar-refractivity contribution in [2.45, 2.75) is 18.3 Å². The molecule has 2 amide bonds. The van der Waals surface area contributed by atoms with Gasteiger partial charge in [0.25, 0.3) is 5.91 Å². The Bertz CT molecular complexity index is 1300. The second-order valence-electron chi connectivity index (χ2n) is 8.84. The van der Waals surface area contributed by atoms with E-state index in [-0.39, 0.29) is 0 Å². The molecule has 0 unspecified atom stereocenters. The van der Waals surface area contributed by atoms with Crippen LogP contribution < -0.4 is 14.9 Å². The van der Waals surface area contributed by atoms with Gasteiger partial charge in [-0.2, -0.15) is 13.2 Å². The number of hydroxylamine groups is 1. The molecule has 2 aliphatic rings. The summed E-state index contributed by atoms with van der Waals surface area (Å²) in [5.74, 6) is -1.97. The fourth-order valence-corrected chi connectivity index (χ4v) is 4.71. The molecule has 186 valence electrons. The molecule has 2 fully saturated rings. The van der Waals surface area contributed by atoms with Crippen LogP contribution in [0.2, 0.25) is 5.02 Å². The first-order valence-electron chi connectivity index (χ1n) is 11.1. The first-order chi connectivity index (χ1) is 17.1. The van der Waals surface area contributed by atoms with Gasteiger partial charge in [-0.3, -0.25) is 14.4 Å². The van der Waals surface area contributed by atoms with E-state index in [2.05, 4.69) is 0 Å². The van der Waals surface area contributed by atoms with Crippen LogP contribution in [-0.2, 0) is 20.6 Å². The largest absolute Gasteiger partial charge is 0.416 e. The van der Waals surface area contributed by atoms with Gasteiger partial charge in [-0.1, -0.05) is 23.7 Å². The normalized spacial score (nSPS) is 21.8. The number of hydrogen-bond acceptors (Lipinski definition) is 5. The lowest BCUT2D eigenvalue weighted by molar-refractivity contribution is -0.137. The minimum absolute atomic E-state index is 0.401. The number of hydrogen-bond donors (Lipinski definition) is 0. The molecule has 0 N–H and O–H groups in total. The van der Waals surface area contributed by atoms with Gasteiger partial charge in [0.15, 0.2) is 6.10 Å². The molecule has 2 heterocycles. The molecule has 0 radical (unpaired) electrons. The van der Waals surface area contributed by atoms with Gasteiger partial charge in [0.1, 0.15) is 5.92 Å². The standard InChI is InChI=1S/C26H21ClF3N3O3/c1-31(2)18-11-13-19(14-12-18)32-24(34)21-22(15-3-5-16(6-4-15)26(28,29)30)33(36-23(21)25(32)35)20-9-7-17(27)8-10-20/h3-14,21-23H,1-2H3/t21-,22-,23+/m1/s1. The number of halogens is 4. The Balaban J connectivity index is 1.54. The van der Waals surface area contributed by atoms with Crippen molar-refractivity contribution in [2.24, 2.45) is 5.92 Å². The van der Waals surface area contributed by atoms with Gasteiger partial charge in [0.05, 0.1) is 23.0 Å². The first-order valence-corrected chi connectivity index (χ1v) is 11.5. The van der Waals surface area contributed by atoms with Gasteiger partial charge in [0, 0.05) is 24.8 Å². The molecule has 0 bridgehead atoms. The maximum absolute atomic E-state index is 13.6. The van der Waals surface area contributed by atoms with Crippen LogP contribution in [0.25, 0.3) is 0 Å². The SMILES string of the molecule is CN(C)c1ccc(N2C(=O)[C@H]3[C@H](ON(c4ccc(Cl)cc4)[C@@H]3c3ccc(C(F)(F)F)cc3)C2=O)cc1. The fraction of sp³-hybridized carbons (Fsp3) is 0.231. The number of carbonyl (C=O) groups excluding carboxylic acids is 2. The maximum Gasteiger partial charge on any atom is 0.416 e. The molecule has 0 aliphatic carbocycles. The summed E-state index contributed by atoms with van der Waals surface area (Å²) in [4.78, 5) is 36.0. The van der Waals surface area contributed by atoms with Crippen molar-refractivity contribution in [3.05, 3.63) is 88.9 Å². The van der Waals surface area contributed by atoms with E-state index in [0.29, 0.717) is 22.0 Å². The predicted octanol–water partition coefficient (Wildman–Crippen LogP) is 5.48. The summed E-state index contributed by atoms with van der Waals surface area (Å²) in [7, 11) is 3.75. The smallest absolute Gasteiger partial charge is 0.378 e. The Labute approximate surface area is 210 Å². The lowest BCUT2D eigenvalue weighted by atomic mass is 9.90. The molecule has 3 aromatic carbocycles. The third kappa shape index (κ3) is 4.08. The van der Waals surface area contributed by atoms with Crippen molar-refractivity contribution >= 4 is 40.5 Å². The van der Waals surface area contributed by atoms with Crippen LogP contribution >= 0.6 is 11.6 Å². The molecule has 2 aliphatic heterocycles. The molecular weight excluding hydrogens is 495 g/mol. The van der Waals surface area contributed by atoms with E-state index in [1.54, 1.807) is 48.5 Å². The average molecular weight is 516 g/mol. The summed E-state index contributed by atoms with van der Waals surface area (Å²) in [6.45, 7) is 0. The fourth-order valence-electron chi connectivity index (χ4n) is 4.59. The zero-order valence-electron chi connectivity index (χ0n) is 19.2. The van der Waals surface area contributed by atoms with Crippen LogP contribution in [0.4, 0.5) is 30.2 Å². The third-order valence-corrected chi connectivity index (χ3v) is 6.65. The van der Waals surface area contributed by atoms with Crippen LogP contribution in [0.15, 0.2) is 72.8 Å². The summed E-state index contributed by atoms with van der Waals surface area (Å²) < 4.78 is 39.5. The molecule has 2 saturated heterocycles. The van der Waals surface area contributed by atoms with Crippen molar-refractivity contribution in [3.63, 3.8) is 0 Å². The van der Waals surface area contributed by atoms with Gasteiger partial charge >= 0.3 is 6.18 Å². The van der Waals surface area contributed by atoms with E-state index in [1.165, 1.54) is 17.2 Å². The predicted molar refractivity (Wildman–Crippen MR) is 130 cm³/mol. The Morgan fingerprint density at radius 1 is 0.833 bits per heavy atom. The van der Waals surface area contributed by atoms with Gasteiger partial charge in [-0.05, 0) is 66.2 Å². The van der Waals surface area contributed by atoms with Crippen molar-refractivity contribution in [3.8, 4) is 0 Å². The monoisotopic (exact) mass is 515 g/mol. The second kappa shape index (κ2) is 8.83. The van der Waals surface area contributed by atoms with Gasteiger partial charge in [-0.15, -0.1) is 0 Å². The molecule has 3 atom stereocenters. The van der Waals surface area contributed by atoms with Crippen LogP contribution in [-0.4, -0.2) is 32.0 Å². The number of carbonyl (C=O) groups is 2. The Kier molecular flexibility index (Phi) is 5.92. The quantitative estimate of drug-likeness (QED) is 0.431. The number of benzene rings is 3. The summed E-state index contributed by atoms with van der Waals surface area (Å²) in [5, 5.41) is 1.89. The second-order valence-corrected chi connectivity index (χ2v) is 9.28. The molecule has 3 aromatic rings. The van der Waals surface area contributed by atoms with E-state index < -0.39 is 41.6 Å². The van der Waals surface area contributed by atoms with E-state index in [4.69, 9.17) is 16.4 Å². The number of rotatable bonds is 4. The highest BCUT2D eigenvalue weighted by Crippen LogP contribution is 2.48. The number of amides is 2. The van der Waals surface area contributed by atoms with E-state index >= 15 is 0 Å². The summed E-state index contributed by atoms with van der Waals surface area (Å²) in [6, 6.07) is 17.2. The maximum atomic E-state index is 13.6. The number of alkyl halides is 3. The Hall–Kier alpha value is -3.56. The molecule has 0 aromatic heterocycles. The Morgan fingerprint density at radius 3 is 1.97 bits per heavy atom. The van der Waals surface area contributed by atoms with Crippen molar-refractivity contribution < 1.29 is 27.6 Å². The number of imide groups is 1. The van der Waals surface area contributed by atoms with E-state index in [9.17, 15) is 22.8 Å². The van der Waals surface area contributed by atoms with Crippen molar-refractivity contribution in [1.82, 2.24) is 0 Å². The van der Waals surface area contributed by atoms with Crippen LogP contribution in [0, 0.1) is 5.92 Å². The zero-order chi connectivity index (χ0) is 25.8. The lowest BCUT2D eigenvalue weighted by Gasteiger charge is -2.29. The van der Waals surface area contributed by atoms with Gasteiger partial charge in [-0.25, -0.2) is 9.96 Å². The number of anilines is 3. The van der Waals surface area contributed by atoms with Gasteiger partial charge < -0.3 is 4.90 Å². The molecule has 5 rings (SSSR count). The highest BCUT2D eigenvalue weighted by atomic mass is 35.5. The minimum atomic E-state index is -4.50. The van der Waals surface area contributed by atoms with Crippen molar-refractivity contribution in [2.75, 3.05) is 29.0 Å².